The highest BCUT2D eigenvalue weighted by Gasteiger charge is 2.22. The zero-order chi connectivity index (χ0) is 19.3. The van der Waals surface area contributed by atoms with E-state index in [9.17, 15) is 4.79 Å². The summed E-state index contributed by atoms with van der Waals surface area (Å²) in [5.41, 5.74) is 0.627. The van der Waals surface area contributed by atoms with E-state index >= 15 is 0 Å². The van der Waals surface area contributed by atoms with Crippen LogP contribution < -0.4 is 4.90 Å². The summed E-state index contributed by atoms with van der Waals surface area (Å²) in [7, 11) is 0. The molecule has 0 aliphatic carbocycles. The molecule has 9 heteroatoms. The maximum absolute atomic E-state index is 12.5. The standard InChI is InChI=1S/C19H19ClN4O3S/c20-15-5-3-14(4-6-15)17(25)13-28-19-22-21-18(23-7-10-26-11-8-23)24(19)12-16-2-1-9-27-16/h1-6,9H,7-8,10-13H2. The van der Waals surface area contributed by atoms with E-state index in [0.29, 0.717) is 35.5 Å². The van der Waals surface area contributed by atoms with Gasteiger partial charge in [-0.05, 0) is 36.4 Å². The maximum atomic E-state index is 12.5. The molecule has 0 unspecified atom stereocenters. The molecule has 0 amide bonds. The van der Waals surface area contributed by atoms with E-state index in [1.54, 1.807) is 30.5 Å². The number of ketones is 1. The highest BCUT2D eigenvalue weighted by Crippen LogP contribution is 2.25. The van der Waals surface area contributed by atoms with Crippen LogP contribution in [0.5, 0.6) is 0 Å². The minimum Gasteiger partial charge on any atom is -0.467 e. The van der Waals surface area contributed by atoms with Crippen molar-refractivity contribution in [3.63, 3.8) is 0 Å². The van der Waals surface area contributed by atoms with E-state index in [2.05, 4.69) is 15.1 Å². The molecule has 0 atom stereocenters. The van der Waals surface area contributed by atoms with E-state index < -0.39 is 0 Å². The molecule has 1 aliphatic rings. The summed E-state index contributed by atoms with van der Waals surface area (Å²) in [6.45, 7) is 3.33. The molecule has 0 bridgehead atoms. The van der Waals surface area contributed by atoms with Gasteiger partial charge >= 0.3 is 0 Å². The van der Waals surface area contributed by atoms with Gasteiger partial charge in [-0.2, -0.15) is 0 Å². The Morgan fingerprint density at radius 1 is 1.14 bits per heavy atom. The van der Waals surface area contributed by atoms with Gasteiger partial charge in [0.25, 0.3) is 0 Å². The molecule has 0 spiro atoms. The monoisotopic (exact) mass is 418 g/mol. The molecule has 0 N–H and O–H groups in total. The van der Waals surface area contributed by atoms with Crippen LogP contribution in [0.3, 0.4) is 0 Å². The third-order valence-electron chi connectivity index (χ3n) is 4.38. The maximum Gasteiger partial charge on any atom is 0.228 e. The van der Waals surface area contributed by atoms with Crippen LogP contribution in [0.25, 0.3) is 0 Å². The van der Waals surface area contributed by atoms with Crippen molar-refractivity contribution in [1.82, 2.24) is 14.8 Å². The fourth-order valence-corrected chi connectivity index (χ4v) is 3.88. The Kier molecular flexibility index (Phi) is 5.99. The lowest BCUT2D eigenvalue weighted by Gasteiger charge is -2.27. The summed E-state index contributed by atoms with van der Waals surface area (Å²) in [4.78, 5) is 14.6. The van der Waals surface area contributed by atoms with E-state index in [-0.39, 0.29) is 11.5 Å². The van der Waals surface area contributed by atoms with Crippen molar-refractivity contribution in [2.45, 2.75) is 11.7 Å². The summed E-state index contributed by atoms with van der Waals surface area (Å²) in [6, 6.07) is 10.7. The molecule has 0 radical (unpaired) electrons. The number of Topliss-reactive ketones (excluding diaryl/α,β-unsaturated/α-hetero) is 1. The fraction of sp³-hybridized carbons (Fsp3) is 0.316. The van der Waals surface area contributed by atoms with Crippen LogP contribution in [0.15, 0.2) is 52.2 Å². The first-order valence-corrected chi connectivity index (χ1v) is 10.3. The quantitative estimate of drug-likeness (QED) is 0.430. The van der Waals surface area contributed by atoms with Gasteiger partial charge in [0.15, 0.2) is 10.9 Å². The zero-order valence-electron chi connectivity index (χ0n) is 15.1. The molecular formula is C19H19ClN4O3S. The predicted octanol–water partition coefficient (Wildman–Crippen LogP) is 3.38. The number of rotatable bonds is 7. The smallest absolute Gasteiger partial charge is 0.228 e. The van der Waals surface area contributed by atoms with Gasteiger partial charge < -0.3 is 14.1 Å². The van der Waals surface area contributed by atoms with Gasteiger partial charge in [-0.15, -0.1) is 10.2 Å². The molecule has 0 saturated carbocycles. The summed E-state index contributed by atoms with van der Waals surface area (Å²) < 4.78 is 12.9. The summed E-state index contributed by atoms with van der Waals surface area (Å²) >= 11 is 7.26. The van der Waals surface area contributed by atoms with E-state index in [0.717, 1.165) is 24.8 Å². The number of anilines is 1. The second kappa shape index (κ2) is 8.81. The van der Waals surface area contributed by atoms with Crippen molar-refractivity contribution >= 4 is 35.1 Å². The van der Waals surface area contributed by atoms with Crippen LogP contribution in [-0.4, -0.2) is 52.6 Å². The van der Waals surface area contributed by atoms with Crippen molar-refractivity contribution in [2.24, 2.45) is 0 Å². The van der Waals surface area contributed by atoms with Gasteiger partial charge in [0.2, 0.25) is 5.95 Å². The van der Waals surface area contributed by atoms with Crippen LogP contribution in [0.2, 0.25) is 5.02 Å². The Morgan fingerprint density at radius 3 is 2.64 bits per heavy atom. The van der Waals surface area contributed by atoms with Gasteiger partial charge in [0, 0.05) is 23.7 Å². The molecule has 146 valence electrons. The van der Waals surface area contributed by atoms with E-state index in [1.165, 1.54) is 11.8 Å². The minimum absolute atomic E-state index is 0.0159. The number of carbonyl (C=O) groups excluding carboxylic acids is 1. The molecule has 1 aliphatic heterocycles. The van der Waals surface area contributed by atoms with Crippen LogP contribution in [0.4, 0.5) is 5.95 Å². The van der Waals surface area contributed by atoms with Crippen molar-refractivity contribution < 1.29 is 13.9 Å². The molecule has 3 heterocycles. The highest BCUT2D eigenvalue weighted by atomic mass is 35.5. The Balaban J connectivity index is 1.52. The Bertz CT molecular complexity index is 921. The number of aromatic nitrogens is 3. The van der Waals surface area contributed by atoms with Crippen LogP contribution in [-0.2, 0) is 11.3 Å². The summed E-state index contributed by atoms with van der Waals surface area (Å²) in [5.74, 6) is 1.85. The number of morpholine rings is 1. The second-order valence-corrected chi connectivity index (χ2v) is 7.65. The number of hydrogen-bond acceptors (Lipinski definition) is 7. The van der Waals surface area contributed by atoms with Gasteiger partial charge in [-0.25, -0.2) is 0 Å². The second-order valence-electron chi connectivity index (χ2n) is 6.27. The molecular weight excluding hydrogens is 400 g/mol. The first-order valence-electron chi connectivity index (χ1n) is 8.90. The summed E-state index contributed by atoms with van der Waals surface area (Å²) in [5, 5.41) is 9.99. The number of thioether (sulfide) groups is 1. The largest absolute Gasteiger partial charge is 0.467 e. The number of benzene rings is 1. The lowest BCUT2D eigenvalue weighted by Crippen LogP contribution is -2.38. The molecule has 4 rings (SSSR count). The van der Waals surface area contributed by atoms with Crippen molar-refractivity contribution in [1.29, 1.82) is 0 Å². The average molecular weight is 419 g/mol. The van der Waals surface area contributed by atoms with Crippen molar-refractivity contribution in [3.05, 3.63) is 59.0 Å². The number of halogens is 1. The Labute approximate surface area is 171 Å². The molecule has 1 saturated heterocycles. The number of nitrogens with zero attached hydrogens (tertiary/aromatic N) is 4. The number of hydrogen-bond donors (Lipinski definition) is 0. The molecule has 1 aromatic carbocycles. The van der Waals surface area contributed by atoms with E-state index in [1.807, 2.05) is 16.7 Å². The first-order chi connectivity index (χ1) is 13.7. The third kappa shape index (κ3) is 4.40. The van der Waals surface area contributed by atoms with Crippen molar-refractivity contribution in [3.8, 4) is 0 Å². The van der Waals surface area contributed by atoms with Crippen LogP contribution >= 0.6 is 23.4 Å². The summed E-state index contributed by atoms with van der Waals surface area (Å²) in [6.07, 6.45) is 1.64. The lowest BCUT2D eigenvalue weighted by atomic mass is 10.1. The Morgan fingerprint density at radius 2 is 1.93 bits per heavy atom. The predicted molar refractivity (Wildman–Crippen MR) is 107 cm³/mol. The van der Waals surface area contributed by atoms with Gasteiger partial charge in [0.05, 0.1) is 31.8 Å². The Hall–Kier alpha value is -2.29. The molecule has 7 nitrogen and oxygen atoms in total. The molecule has 2 aromatic heterocycles. The van der Waals surface area contributed by atoms with Gasteiger partial charge in [-0.1, -0.05) is 23.4 Å². The number of carbonyl (C=O) groups is 1. The molecule has 1 fully saturated rings. The lowest BCUT2D eigenvalue weighted by molar-refractivity contribution is 0.102. The van der Waals surface area contributed by atoms with Gasteiger partial charge in [-0.3, -0.25) is 9.36 Å². The minimum atomic E-state index is 0.0159. The van der Waals surface area contributed by atoms with Crippen LogP contribution in [0.1, 0.15) is 16.1 Å². The zero-order valence-corrected chi connectivity index (χ0v) is 16.7. The average Bonchev–Trinajstić information content (AvgIpc) is 3.38. The van der Waals surface area contributed by atoms with Crippen molar-refractivity contribution in [2.75, 3.05) is 37.0 Å². The fourth-order valence-electron chi connectivity index (χ4n) is 2.93. The third-order valence-corrected chi connectivity index (χ3v) is 5.60. The normalized spacial score (nSPS) is 14.4. The first kappa shape index (κ1) is 19.0. The molecule has 3 aromatic rings. The molecule has 28 heavy (non-hydrogen) atoms. The van der Waals surface area contributed by atoms with Gasteiger partial charge in [0.1, 0.15) is 5.76 Å². The SMILES string of the molecule is O=C(CSc1nnc(N2CCOCC2)n1Cc1ccco1)c1ccc(Cl)cc1. The van der Waals surface area contributed by atoms with E-state index in [4.69, 9.17) is 20.8 Å². The topological polar surface area (TPSA) is 73.4 Å². The highest BCUT2D eigenvalue weighted by molar-refractivity contribution is 7.99. The van der Waals surface area contributed by atoms with Crippen LogP contribution in [0, 0.1) is 0 Å². The number of furan rings is 1. The number of ether oxygens (including phenoxy) is 1.